The van der Waals surface area contributed by atoms with Gasteiger partial charge in [0.05, 0.1) is 20.3 Å². The van der Waals surface area contributed by atoms with Crippen molar-refractivity contribution >= 4 is 22.8 Å². The van der Waals surface area contributed by atoms with Gasteiger partial charge in [-0.25, -0.2) is 0 Å². The zero-order valence-corrected chi connectivity index (χ0v) is 21.1. The molecular weight excluding hydrogens is 468 g/mol. The summed E-state index contributed by atoms with van der Waals surface area (Å²) in [4.78, 5) is 30.4. The number of amides is 2. The van der Waals surface area contributed by atoms with Crippen molar-refractivity contribution in [3.63, 3.8) is 0 Å². The van der Waals surface area contributed by atoms with E-state index in [-0.39, 0.29) is 30.2 Å². The van der Waals surface area contributed by atoms with Crippen LogP contribution in [-0.4, -0.2) is 55.0 Å². The summed E-state index contributed by atoms with van der Waals surface area (Å²) in [6.07, 6.45) is 1.54. The number of hydrogen-bond acceptors (Lipinski definition) is 5. The standard InChI is InChI=1S/C30H30N2O5/c1-35-25-10-6-9-22(15-25)18-32-24(12-11-21-7-4-3-5-8-21)19-31(20-29(32)33)30(34)28-17-23-16-26(36-2)13-14-27(23)37-28/h3-10,13-17,24H,11-12,18-20H2,1-2H3/t24-/m0/s1. The van der Waals surface area contributed by atoms with E-state index in [1.807, 2.05) is 53.4 Å². The SMILES string of the molecule is COc1cccc(CN2C(=O)CN(C(=O)c3cc4cc(OC)ccc4o3)C[C@@H]2CCc2ccccc2)c1. The Morgan fingerprint density at radius 2 is 1.68 bits per heavy atom. The minimum Gasteiger partial charge on any atom is -0.497 e. The highest BCUT2D eigenvalue weighted by molar-refractivity contribution is 5.98. The van der Waals surface area contributed by atoms with Gasteiger partial charge in [0.2, 0.25) is 5.91 Å². The molecule has 4 aromatic rings. The molecule has 1 atom stereocenters. The normalized spacial score (nSPS) is 15.7. The van der Waals surface area contributed by atoms with Gasteiger partial charge in [-0.3, -0.25) is 9.59 Å². The van der Waals surface area contributed by atoms with Gasteiger partial charge in [0.1, 0.15) is 23.6 Å². The van der Waals surface area contributed by atoms with Gasteiger partial charge in [-0.05, 0) is 60.4 Å². The lowest BCUT2D eigenvalue weighted by Crippen LogP contribution is -2.57. The van der Waals surface area contributed by atoms with Crippen LogP contribution in [0.25, 0.3) is 11.0 Å². The Kier molecular flexibility index (Phi) is 7.12. The summed E-state index contributed by atoms with van der Waals surface area (Å²) in [7, 11) is 3.23. The first-order chi connectivity index (χ1) is 18.0. The van der Waals surface area contributed by atoms with Gasteiger partial charge in [-0.1, -0.05) is 42.5 Å². The number of benzene rings is 3. The molecular formula is C30H30N2O5. The number of ether oxygens (including phenoxy) is 2. The fraction of sp³-hybridized carbons (Fsp3) is 0.267. The zero-order chi connectivity index (χ0) is 25.8. The summed E-state index contributed by atoms with van der Waals surface area (Å²) in [6, 6.07) is 24.9. The second-order valence-corrected chi connectivity index (χ2v) is 9.25. The van der Waals surface area contributed by atoms with Crippen LogP contribution in [0.5, 0.6) is 11.5 Å². The van der Waals surface area contributed by atoms with Crippen LogP contribution in [0.2, 0.25) is 0 Å². The van der Waals surface area contributed by atoms with Crippen LogP contribution in [-0.2, 0) is 17.8 Å². The summed E-state index contributed by atoms with van der Waals surface area (Å²) < 4.78 is 16.5. The summed E-state index contributed by atoms with van der Waals surface area (Å²) in [6.45, 7) is 0.898. The van der Waals surface area contributed by atoms with Crippen LogP contribution < -0.4 is 9.47 Å². The Labute approximate surface area is 216 Å². The van der Waals surface area contributed by atoms with Crippen LogP contribution >= 0.6 is 0 Å². The lowest BCUT2D eigenvalue weighted by atomic mass is 10.0. The van der Waals surface area contributed by atoms with E-state index in [0.29, 0.717) is 24.4 Å². The predicted molar refractivity (Wildman–Crippen MR) is 141 cm³/mol. The van der Waals surface area contributed by atoms with Crippen molar-refractivity contribution < 1.29 is 23.5 Å². The number of fused-ring (bicyclic) bond motifs is 1. The summed E-state index contributed by atoms with van der Waals surface area (Å²) in [5, 5.41) is 0.784. The van der Waals surface area contributed by atoms with Gasteiger partial charge in [0, 0.05) is 18.5 Å². The molecule has 2 amide bonds. The van der Waals surface area contributed by atoms with Crippen LogP contribution in [0.3, 0.4) is 0 Å². The third-order valence-corrected chi connectivity index (χ3v) is 6.84. The van der Waals surface area contributed by atoms with E-state index in [2.05, 4.69) is 12.1 Å². The number of carbonyl (C=O) groups is 2. The Hall–Kier alpha value is -4.26. The Morgan fingerprint density at radius 1 is 0.919 bits per heavy atom. The van der Waals surface area contributed by atoms with E-state index in [4.69, 9.17) is 13.9 Å². The molecule has 0 spiro atoms. The molecule has 1 fully saturated rings. The molecule has 3 aromatic carbocycles. The van der Waals surface area contributed by atoms with E-state index in [0.717, 1.165) is 29.5 Å². The Balaban J connectivity index is 1.38. The van der Waals surface area contributed by atoms with Gasteiger partial charge in [-0.2, -0.15) is 0 Å². The summed E-state index contributed by atoms with van der Waals surface area (Å²) in [5.41, 5.74) is 2.79. The molecule has 1 aromatic heterocycles. The second kappa shape index (κ2) is 10.8. The maximum absolute atomic E-state index is 13.5. The van der Waals surface area contributed by atoms with E-state index >= 15 is 0 Å². The van der Waals surface area contributed by atoms with Crippen LogP contribution in [0.15, 0.2) is 83.3 Å². The highest BCUT2D eigenvalue weighted by Crippen LogP contribution is 2.27. The first kappa shape index (κ1) is 24.4. The van der Waals surface area contributed by atoms with Gasteiger partial charge >= 0.3 is 0 Å². The summed E-state index contributed by atoms with van der Waals surface area (Å²) >= 11 is 0. The molecule has 5 rings (SSSR count). The average Bonchev–Trinajstić information content (AvgIpc) is 3.37. The van der Waals surface area contributed by atoms with E-state index in [1.54, 1.807) is 37.3 Å². The lowest BCUT2D eigenvalue weighted by Gasteiger charge is -2.41. The number of methoxy groups -OCH3 is 2. The number of rotatable bonds is 8. The number of aryl methyl sites for hydroxylation is 1. The van der Waals surface area contributed by atoms with Crippen molar-refractivity contribution in [2.45, 2.75) is 25.4 Å². The zero-order valence-electron chi connectivity index (χ0n) is 21.1. The Bertz CT molecular complexity index is 1400. The highest BCUT2D eigenvalue weighted by Gasteiger charge is 2.35. The predicted octanol–water partition coefficient (Wildman–Crippen LogP) is 4.94. The number of piperazine rings is 1. The van der Waals surface area contributed by atoms with E-state index < -0.39 is 0 Å². The number of nitrogens with zero attached hydrogens (tertiary/aromatic N) is 2. The molecule has 0 bridgehead atoms. The Morgan fingerprint density at radius 3 is 2.46 bits per heavy atom. The molecule has 2 heterocycles. The minimum atomic E-state index is -0.283. The first-order valence-corrected chi connectivity index (χ1v) is 12.4. The topological polar surface area (TPSA) is 72.2 Å². The molecule has 1 saturated heterocycles. The average molecular weight is 499 g/mol. The van der Waals surface area contributed by atoms with Crippen molar-refractivity contribution in [3.05, 3.63) is 95.7 Å². The van der Waals surface area contributed by atoms with Crippen molar-refractivity contribution in [1.82, 2.24) is 9.80 Å². The molecule has 1 aliphatic rings. The fourth-order valence-corrected chi connectivity index (χ4v) is 4.85. The molecule has 0 aliphatic carbocycles. The van der Waals surface area contributed by atoms with Gasteiger partial charge in [0.15, 0.2) is 5.76 Å². The van der Waals surface area contributed by atoms with Crippen LogP contribution in [0.4, 0.5) is 0 Å². The molecule has 190 valence electrons. The van der Waals surface area contributed by atoms with Gasteiger partial charge < -0.3 is 23.7 Å². The monoisotopic (exact) mass is 498 g/mol. The third-order valence-electron chi connectivity index (χ3n) is 6.84. The molecule has 0 saturated carbocycles. The molecule has 0 N–H and O–H groups in total. The molecule has 7 heteroatoms. The maximum Gasteiger partial charge on any atom is 0.290 e. The van der Waals surface area contributed by atoms with Crippen molar-refractivity contribution in [2.75, 3.05) is 27.3 Å². The van der Waals surface area contributed by atoms with Gasteiger partial charge in [0.25, 0.3) is 5.91 Å². The smallest absolute Gasteiger partial charge is 0.290 e. The lowest BCUT2D eigenvalue weighted by molar-refractivity contribution is -0.139. The largest absolute Gasteiger partial charge is 0.497 e. The molecule has 37 heavy (non-hydrogen) atoms. The first-order valence-electron chi connectivity index (χ1n) is 12.4. The van der Waals surface area contributed by atoms with Crippen molar-refractivity contribution in [3.8, 4) is 11.5 Å². The van der Waals surface area contributed by atoms with Crippen molar-refractivity contribution in [1.29, 1.82) is 0 Å². The fourth-order valence-electron chi connectivity index (χ4n) is 4.85. The highest BCUT2D eigenvalue weighted by atomic mass is 16.5. The molecule has 0 radical (unpaired) electrons. The number of carbonyl (C=O) groups excluding carboxylic acids is 2. The third kappa shape index (κ3) is 5.45. The second-order valence-electron chi connectivity index (χ2n) is 9.25. The van der Waals surface area contributed by atoms with E-state index in [9.17, 15) is 9.59 Å². The van der Waals surface area contributed by atoms with Crippen LogP contribution in [0.1, 0.15) is 28.1 Å². The molecule has 7 nitrogen and oxygen atoms in total. The number of hydrogen-bond donors (Lipinski definition) is 0. The quantitative estimate of drug-likeness (QED) is 0.344. The van der Waals surface area contributed by atoms with E-state index in [1.165, 1.54) is 5.56 Å². The van der Waals surface area contributed by atoms with Gasteiger partial charge in [-0.15, -0.1) is 0 Å². The minimum absolute atomic E-state index is 0.00497. The molecule has 0 unspecified atom stereocenters. The van der Waals surface area contributed by atoms with Crippen LogP contribution in [0, 0.1) is 0 Å². The summed E-state index contributed by atoms with van der Waals surface area (Å²) in [5.74, 6) is 1.29. The number of furan rings is 1. The van der Waals surface area contributed by atoms with Crippen molar-refractivity contribution in [2.24, 2.45) is 0 Å². The molecule has 1 aliphatic heterocycles. The maximum atomic E-state index is 13.5.